The molecule has 20 nitrogen and oxygen atoms in total. The van der Waals surface area contributed by atoms with Gasteiger partial charge in [-0.05, 0) is 98.9 Å². The van der Waals surface area contributed by atoms with Crippen molar-refractivity contribution in [2.24, 2.45) is 11.8 Å². The van der Waals surface area contributed by atoms with Gasteiger partial charge in [0.1, 0.15) is 48.8 Å². The highest BCUT2D eigenvalue weighted by Crippen LogP contribution is 2.39. The van der Waals surface area contributed by atoms with Gasteiger partial charge in [-0.2, -0.15) is 0 Å². The van der Waals surface area contributed by atoms with Gasteiger partial charge in [0.25, 0.3) is 0 Å². The minimum atomic E-state index is -1.85. The van der Waals surface area contributed by atoms with Crippen LogP contribution in [0.25, 0.3) is 10.4 Å². The number of halogens is 1. The molecule has 22 heteroatoms. The lowest BCUT2D eigenvalue weighted by molar-refractivity contribution is -0.308. The van der Waals surface area contributed by atoms with E-state index in [4.69, 9.17) is 33.2 Å². The van der Waals surface area contributed by atoms with E-state index in [1.165, 1.54) is 25.8 Å². The molecule has 0 amide bonds. The number of aromatic nitrogens is 4. The number of carbonyl (C=O) groups excluding carboxylic acids is 1. The topological polar surface area (TPSA) is 253 Å². The molecule has 0 bridgehead atoms. The van der Waals surface area contributed by atoms with Crippen molar-refractivity contribution >= 4 is 17.3 Å². The minimum absolute atomic E-state index is 0.0852. The average Bonchev–Trinajstić information content (AvgIpc) is 4.03. The number of aromatic amines is 1. The summed E-state index contributed by atoms with van der Waals surface area (Å²) < 4.78 is 60.1. The lowest BCUT2D eigenvalue weighted by Gasteiger charge is -2.47. The van der Waals surface area contributed by atoms with E-state index in [-0.39, 0.29) is 36.5 Å². The molecule has 0 aliphatic carbocycles. The quantitative estimate of drug-likeness (QED) is 0.110. The van der Waals surface area contributed by atoms with Crippen molar-refractivity contribution in [1.82, 2.24) is 29.8 Å². The molecule has 19 atom stereocenters. The van der Waals surface area contributed by atoms with E-state index in [1.807, 2.05) is 62.0 Å². The number of aliphatic hydroxyl groups is 5. The smallest absolute Gasteiger partial charge is 0.311 e. The predicted octanol–water partition coefficient (Wildman–Crippen LogP) is 4.17. The summed E-state index contributed by atoms with van der Waals surface area (Å²) in [7, 11) is 6.69. The Balaban J connectivity index is 1.23. The van der Waals surface area contributed by atoms with Crippen LogP contribution in [-0.4, -0.2) is 200 Å². The molecule has 0 radical (unpaired) electrons. The predicted molar refractivity (Wildman–Crippen MR) is 277 cm³/mol. The molecule has 3 saturated heterocycles. The van der Waals surface area contributed by atoms with Crippen LogP contribution in [0.4, 0.5) is 4.39 Å². The normalized spacial score (nSPS) is 37.9. The van der Waals surface area contributed by atoms with Crippen molar-refractivity contribution < 1.29 is 67.9 Å². The number of esters is 1. The molecule has 6 N–H and O–H groups in total. The van der Waals surface area contributed by atoms with Gasteiger partial charge < -0.3 is 73.5 Å². The van der Waals surface area contributed by atoms with E-state index in [0.717, 1.165) is 27.3 Å². The molecule has 0 spiro atoms. The molecule has 3 aliphatic rings. The van der Waals surface area contributed by atoms with Gasteiger partial charge in [0.2, 0.25) is 0 Å². The number of carbonyl (C=O) groups is 1. The fraction of sp³-hybridized carbons (Fsp3) is 0.774. The van der Waals surface area contributed by atoms with E-state index < -0.39 is 121 Å². The molecule has 3 aliphatic heterocycles. The van der Waals surface area contributed by atoms with Gasteiger partial charge in [0, 0.05) is 71.0 Å². The van der Waals surface area contributed by atoms with Crippen LogP contribution in [0.5, 0.6) is 0 Å². The summed E-state index contributed by atoms with van der Waals surface area (Å²) in [6.45, 7) is 15.6. The van der Waals surface area contributed by atoms with Gasteiger partial charge >= 0.3 is 10.8 Å². The standard InChI is InChI=1S/C53H85FN6O14S/c1-14-41-53(9,67)46(62)32(5)59(11)27-29(2)23-51(7,66)42(22-39(31(4)48(64)73-41)72-43-24-52(8,69-13)47(63)33(6)71-43)74-49-44(61)37(21-30(3)70-49)58(10)20-19-36-28-60(57-56-36)38(25-54)45(68-12)35-17-15-34(16-18-35)40-26-55-50(65)75-40/h15-18,26,28-33,37-39,41-47,49,61-63,66-67H,14,19-25,27H2,1-13H3,(H,55,65)/t29-,30-,31-,32-,33+,37+,38-,39+,41-,42-,43+,44-,45-,46-,47+,49+,51-,52-,53-/m1/s1. The lowest BCUT2D eigenvalue weighted by atomic mass is 9.83. The molecule has 75 heavy (non-hydrogen) atoms. The van der Waals surface area contributed by atoms with Crippen LogP contribution in [0.1, 0.15) is 118 Å². The van der Waals surface area contributed by atoms with Crippen LogP contribution in [-0.2, 0) is 44.4 Å². The maximum Gasteiger partial charge on any atom is 0.311 e. The van der Waals surface area contributed by atoms with Crippen LogP contribution >= 0.6 is 11.3 Å². The van der Waals surface area contributed by atoms with Gasteiger partial charge in [-0.25, -0.2) is 9.07 Å². The molecule has 0 saturated carbocycles. The first-order valence-corrected chi connectivity index (χ1v) is 27.1. The molecular weight excluding hydrogens is 996 g/mol. The number of alkyl halides is 1. The number of benzene rings is 1. The molecule has 3 aromatic rings. The van der Waals surface area contributed by atoms with Gasteiger partial charge in [-0.3, -0.25) is 9.59 Å². The Labute approximate surface area is 444 Å². The second-order valence-corrected chi connectivity index (χ2v) is 23.2. The Morgan fingerprint density at radius 3 is 2.29 bits per heavy atom. The zero-order chi connectivity index (χ0) is 55.3. The first-order valence-electron chi connectivity index (χ1n) is 26.3. The second kappa shape index (κ2) is 25.6. The zero-order valence-electron chi connectivity index (χ0n) is 46.0. The number of ether oxygens (including phenoxy) is 7. The summed E-state index contributed by atoms with van der Waals surface area (Å²) in [6.07, 6.45) is -6.48. The van der Waals surface area contributed by atoms with Crippen molar-refractivity contribution in [3.63, 3.8) is 0 Å². The molecule has 1 aromatic carbocycles. The number of thiazole rings is 1. The number of hydrogen-bond donors (Lipinski definition) is 6. The van der Waals surface area contributed by atoms with Crippen molar-refractivity contribution in [3.05, 3.63) is 57.6 Å². The maximum atomic E-state index is 14.9. The van der Waals surface area contributed by atoms with Crippen LogP contribution in [0, 0.1) is 11.8 Å². The highest BCUT2D eigenvalue weighted by molar-refractivity contribution is 7.12. The molecule has 3 fully saturated rings. The summed E-state index contributed by atoms with van der Waals surface area (Å²) in [5.74, 6) is -2.01. The van der Waals surface area contributed by atoms with Gasteiger partial charge in [-0.15, -0.1) is 5.10 Å². The molecule has 6 rings (SSSR count). The third-order valence-electron chi connectivity index (χ3n) is 16.2. The molecule has 2 aromatic heterocycles. The summed E-state index contributed by atoms with van der Waals surface area (Å²) in [5, 5.41) is 68.1. The largest absolute Gasteiger partial charge is 0.459 e. The van der Waals surface area contributed by atoms with Gasteiger partial charge in [-0.1, -0.05) is 54.7 Å². The highest BCUT2D eigenvalue weighted by atomic mass is 32.1. The number of H-pyrrole nitrogens is 1. The number of rotatable bonds is 16. The summed E-state index contributed by atoms with van der Waals surface area (Å²) in [4.78, 5) is 33.3. The Morgan fingerprint density at radius 2 is 1.68 bits per heavy atom. The van der Waals surface area contributed by atoms with E-state index in [1.54, 1.807) is 53.9 Å². The third-order valence-corrected chi connectivity index (χ3v) is 17.0. The monoisotopic (exact) mass is 1080 g/mol. The number of cyclic esters (lactones) is 1. The second-order valence-electron chi connectivity index (χ2n) is 22.2. The Bertz CT molecular complexity index is 2320. The number of hydrogen-bond acceptors (Lipinski definition) is 19. The van der Waals surface area contributed by atoms with Crippen molar-refractivity contribution in [2.75, 3.05) is 48.1 Å². The lowest BCUT2D eigenvalue weighted by Crippen LogP contribution is -2.59. The van der Waals surface area contributed by atoms with E-state index in [2.05, 4.69) is 15.3 Å². The first-order chi connectivity index (χ1) is 35.3. The zero-order valence-corrected chi connectivity index (χ0v) is 46.8. The number of methoxy groups -OCH3 is 2. The van der Waals surface area contributed by atoms with Gasteiger partial charge in [0.05, 0.1) is 52.1 Å². The summed E-state index contributed by atoms with van der Waals surface area (Å²) >= 11 is 1.10. The van der Waals surface area contributed by atoms with Crippen molar-refractivity contribution in [3.8, 4) is 10.4 Å². The summed E-state index contributed by atoms with van der Waals surface area (Å²) in [5.41, 5.74) is -2.41. The Kier molecular flexibility index (Phi) is 20.8. The number of aliphatic hydroxyl groups excluding tert-OH is 3. The fourth-order valence-electron chi connectivity index (χ4n) is 11.2. The molecule has 5 heterocycles. The number of nitrogens with one attached hydrogen (secondary N) is 1. The summed E-state index contributed by atoms with van der Waals surface area (Å²) in [6, 6.07) is 5.48. The van der Waals surface area contributed by atoms with Crippen molar-refractivity contribution in [2.45, 2.75) is 203 Å². The van der Waals surface area contributed by atoms with E-state index in [0.29, 0.717) is 31.6 Å². The number of nitrogens with zero attached hydrogens (tertiary/aromatic N) is 5. The van der Waals surface area contributed by atoms with Crippen LogP contribution in [0.15, 0.2) is 41.5 Å². The van der Waals surface area contributed by atoms with Crippen LogP contribution in [0.3, 0.4) is 0 Å². The van der Waals surface area contributed by atoms with E-state index >= 15 is 0 Å². The Morgan fingerprint density at radius 1 is 0.987 bits per heavy atom. The number of likely N-dealkylation sites (N-methyl/N-ethyl adjacent to an activating group) is 2. The minimum Gasteiger partial charge on any atom is -0.459 e. The van der Waals surface area contributed by atoms with Crippen molar-refractivity contribution in [1.29, 1.82) is 0 Å². The Hall–Kier alpha value is -3.33. The third kappa shape index (κ3) is 14.3. The fourth-order valence-corrected chi connectivity index (χ4v) is 11.9. The first kappa shape index (κ1) is 60.9. The molecule has 0 unspecified atom stereocenters. The highest BCUT2D eigenvalue weighted by Gasteiger charge is 2.51. The SMILES string of the molecule is CC[C@H]1OC(=O)[C@H](C)[C@@H](O[C@H]2C[C@@](C)(OC)[C@@H](O)[C@H](C)O2)C[C@@H](O[C@@H]2O[C@H](C)C[C@H](N(C)CCc3cn([C@H](CF)[C@H](OC)c4ccc(-c5c[nH]c(=O)s5)cc4)nn3)[C@H]2O)[C@](C)(O)C[C@@H](C)CN(C)[C@H](C)[C@@H](O)[C@]1(C)O. The maximum absolute atomic E-state index is 14.9. The van der Waals surface area contributed by atoms with E-state index in [9.17, 15) is 39.5 Å². The van der Waals surface area contributed by atoms with Gasteiger partial charge in [0.15, 0.2) is 12.6 Å². The molecule has 424 valence electrons. The van der Waals surface area contributed by atoms with Crippen LogP contribution < -0.4 is 4.87 Å². The average molecular weight is 1080 g/mol. The van der Waals surface area contributed by atoms with Crippen LogP contribution in [0.2, 0.25) is 0 Å². The molecular formula is C53H85FN6O14S.